The number of morpholine rings is 1. The SMILES string of the molecule is Cc1ccc(C(=O)N2CCCc3cc(F)cc(C)c32)cc1S(=O)(=O)N1CCOCC1. The number of rotatable bonds is 3. The number of carbonyl (C=O) groups excluding carboxylic acids is 1. The van der Waals surface area contributed by atoms with Gasteiger partial charge in [0.15, 0.2) is 0 Å². The van der Waals surface area contributed by atoms with Crippen molar-refractivity contribution in [2.24, 2.45) is 0 Å². The van der Waals surface area contributed by atoms with E-state index in [0.717, 1.165) is 17.7 Å². The van der Waals surface area contributed by atoms with E-state index in [1.54, 1.807) is 30.9 Å². The zero-order valence-corrected chi connectivity index (χ0v) is 18.0. The first kappa shape index (κ1) is 21.0. The molecule has 1 fully saturated rings. The topological polar surface area (TPSA) is 66.9 Å². The van der Waals surface area contributed by atoms with Crippen LogP contribution in [0.3, 0.4) is 0 Å². The van der Waals surface area contributed by atoms with Crippen LogP contribution in [0.5, 0.6) is 0 Å². The van der Waals surface area contributed by atoms with E-state index in [4.69, 9.17) is 4.74 Å². The quantitative estimate of drug-likeness (QED) is 0.748. The molecule has 0 N–H and O–H groups in total. The first-order valence-electron chi connectivity index (χ1n) is 10.1. The molecule has 0 radical (unpaired) electrons. The Morgan fingerprint density at radius 3 is 2.50 bits per heavy atom. The van der Waals surface area contributed by atoms with Crippen molar-refractivity contribution in [1.82, 2.24) is 4.31 Å². The second-order valence-electron chi connectivity index (χ2n) is 7.79. The average molecular weight is 433 g/mol. The lowest BCUT2D eigenvalue weighted by Gasteiger charge is -2.31. The molecule has 1 saturated heterocycles. The van der Waals surface area contributed by atoms with E-state index in [1.165, 1.54) is 22.5 Å². The van der Waals surface area contributed by atoms with E-state index in [2.05, 4.69) is 0 Å². The summed E-state index contributed by atoms with van der Waals surface area (Å²) in [6.45, 7) is 5.34. The summed E-state index contributed by atoms with van der Waals surface area (Å²) in [6.07, 6.45) is 1.44. The van der Waals surface area contributed by atoms with Gasteiger partial charge in [0.1, 0.15) is 5.82 Å². The van der Waals surface area contributed by atoms with Gasteiger partial charge in [0.25, 0.3) is 5.91 Å². The Kier molecular flexibility index (Phi) is 5.65. The van der Waals surface area contributed by atoms with E-state index >= 15 is 0 Å². The Morgan fingerprint density at radius 2 is 1.77 bits per heavy atom. The standard InChI is InChI=1S/C22H25FN2O4S/c1-15-5-6-18(14-20(15)30(27,28)24-8-10-29-11-9-24)22(26)25-7-3-4-17-13-19(23)12-16(2)21(17)25/h5-6,12-14H,3-4,7-11H2,1-2H3. The number of halogens is 1. The minimum Gasteiger partial charge on any atom is -0.379 e. The maximum atomic E-state index is 13.8. The van der Waals surface area contributed by atoms with Crippen LogP contribution >= 0.6 is 0 Å². The summed E-state index contributed by atoms with van der Waals surface area (Å²) in [5, 5.41) is 0. The highest BCUT2D eigenvalue weighted by molar-refractivity contribution is 7.89. The molecular formula is C22H25FN2O4S. The summed E-state index contributed by atoms with van der Waals surface area (Å²) in [5.74, 6) is -0.584. The number of nitrogens with zero attached hydrogens (tertiary/aromatic N) is 2. The second kappa shape index (κ2) is 8.09. The third-order valence-electron chi connectivity index (χ3n) is 5.71. The molecule has 2 heterocycles. The van der Waals surface area contributed by atoms with E-state index in [9.17, 15) is 17.6 Å². The van der Waals surface area contributed by atoms with E-state index in [-0.39, 0.29) is 16.6 Å². The Balaban J connectivity index is 1.71. The fourth-order valence-electron chi connectivity index (χ4n) is 4.22. The number of amides is 1. The third-order valence-corrected chi connectivity index (χ3v) is 7.75. The van der Waals surface area contributed by atoms with Crippen LogP contribution in [-0.2, 0) is 21.2 Å². The number of aryl methyl sites for hydroxylation is 3. The van der Waals surface area contributed by atoms with Crippen LogP contribution < -0.4 is 4.90 Å². The first-order valence-corrected chi connectivity index (χ1v) is 11.5. The summed E-state index contributed by atoms with van der Waals surface area (Å²) in [7, 11) is -3.72. The Hall–Kier alpha value is -2.29. The van der Waals surface area contributed by atoms with Crippen molar-refractivity contribution in [3.05, 3.63) is 58.4 Å². The predicted molar refractivity (Wildman–Crippen MR) is 112 cm³/mol. The van der Waals surface area contributed by atoms with Crippen molar-refractivity contribution >= 4 is 21.6 Å². The monoisotopic (exact) mass is 432 g/mol. The predicted octanol–water partition coefficient (Wildman–Crippen LogP) is 3.06. The molecule has 0 aromatic heterocycles. The van der Waals surface area contributed by atoms with Crippen LogP contribution in [0, 0.1) is 19.7 Å². The molecule has 2 aliphatic rings. The van der Waals surface area contributed by atoms with Crippen molar-refractivity contribution in [2.75, 3.05) is 37.7 Å². The zero-order valence-electron chi connectivity index (χ0n) is 17.2. The third kappa shape index (κ3) is 3.75. The molecule has 2 aromatic rings. The number of hydrogen-bond donors (Lipinski definition) is 0. The highest BCUT2D eigenvalue weighted by Gasteiger charge is 2.30. The van der Waals surface area contributed by atoms with Gasteiger partial charge < -0.3 is 9.64 Å². The van der Waals surface area contributed by atoms with Crippen LogP contribution in [0.1, 0.15) is 33.5 Å². The lowest BCUT2D eigenvalue weighted by atomic mass is 9.97. The Bertz CT molecular complexity index is 1090. The summed E-state index contributed by atoms with van der Waals surface area (Å²) in [6, 6.07) is 7.70. The smallest absolute Gasteiger partial charge is 0.258 e. The lowest BCUT2D eigenvalue weighted by Crippen LogP contribution is -2.41. The van der Waals surface area contributed by atoms with Crippen molar-refractivity contribution in [3.63, 3.8) is 0 Å². The molecule has 2 aliphatic heterocycles. The molecular weight excluding hydrogens is 407 g/mol. The summed E-state index contributed by atoms with van der Waals surface area (Å²) in [4.78, 5) is 15.2. The van der Waals surface area contributed by atoms with Crippen LogP contribution in [-0.4, -0.2) is 51.5 Å². The van der Waals surface area contributed by atoms with Gasteiger partial charge in [0, 0.05) is 25.2 Å². The van der Waals surface area contributed by atoms with Crippen molar-refractivity contribution in [2.45, 2.75) is 31.6 Å². The molecule has 0 unspecified atom stereocenters. The van der Waals surface area contributed by atoms with Gasteiger partial charge >= 0.3 is 0 Å². The second-order valence-corrected chi connectivity index (χ2v) is 9.69. The van der Waals surface area contributed by atoms with Gasteiger partial charge in [0.05, 0.1) is 23.8 Å². The van der Waals surface area contributed by atoms with Crippen LogP contribution in [0.15, 0.2) is 35.2 Å². The molecule has 30 heavy (non-hydrogen) atoms. The molecule has 160 valence electrons. The summed E-state index contributed by atoms with van der Waals surface area (Å²) >= 11 is 0. The first-order chi connectivity index (χ1) is 14.3. The molecule has 2 aromatic carbocycles. The number of fused-ring (bicyclic) bond motifs is 1. The molecule has 0 atom stereocenters. The number of sulfonamides is 1. The summed E-state index contributed by atoms with van der Waals surface area (Å²) in [5.41, 5.74) is 3.14. The molecule has 6 nitrogen and oxygen atoms in total. The minimum absolute atomic E-state index is 0.142. The van der Waals surface area contributed by atoms with Crippen molar-refractivity contribution in [1.29, 1.82) is 0 Å². The molecule has 0 bridgehead atoms. The number of anilines is 1. The largest absolute Gasteiger partial charge is 0.379 e. The van der Waals surface area contributed by atoms with E-state index in [1.807, 2.05) is 0 Å². The maximum absolute atomic E-state index is 13.8. The van der Waals surface area contributed by atoms with Crippen LogP contribution in [0.25, 0.3) is 0 Å². The van der Waals surface area contributed by atoms with Crippen molar-refractivity contribution < 1.29 is 22.3 Å². The van der Waals surface area contributed by atoms with Crippen molar-refractivity contribution in [3.8, 4) is 0 Å². The van der Waals surface area contributed by atoms with Crippen LogP contribution in [0.4, 0.5) is 10.1 Å². The van der Waals surface area contributed by atoms with Gasteiger partial charge in [-0.15, -0.1) is 0 Å². The van der Waals surface area contributed by atoms with Crippen LogP contribution in [0.2, 0.25) is 0 Å². The molecule has 8 heteroatoms. The van der Waals surface area contributed by atoms with Gasteiger partial charge in [-0.05, 0) is 67.6 Å². The Morgan fingerprint density at radius 1 is 1.03 bits per heavy atom. The Labute approximate surface area is 176 Å². The molecule has 0 aliphatic carbocycles. The van der Waals surface area contributed by atoms with E-state index in [0.29, 0.717) is 56.0 Å². The fraction of sp³-hybridized carbons (Fsp3) is 0.409. The van der Waals surface area contributed by atoms with Gasteiger partial charge in [-0.25, -0.2) is 12.8 Å². The molecule has 0 spiro atoms. The van der Waals surface area contributed by atoms with Gasteiger partial charge in [-0.2, -0.15) is 4.31 Å². The van der Waals surface area contributed by atoms with Gasteiger partial charge in [0.2, 0.25) is 10.0 Å². The molecule has 0 saturated carbocycles. The summed E-state index contributed by atoms with van der Waals surface area (Å²) < 4.78 is 46.8. The molecule has 1 amide bonds. The molecule has 4 rings (SSSR count). The lowest BCUT2D eigenvalue weighted by molar-refractivity contribution is 0.0730. The fourth-order valence-corrected chi connectivity index (χ4v) is 5.88. The normalized spacial score (nSPS) is 17.6. The number of carbonyl (C=O) groups is 1. The maximum Gasteiger partial charge on any atom is 0.258 e. The number of ether oxygens (including phenoxy) is 1. The zero-order chi connectivity index (χ0) is 21.5. The average Bonchev–Trinajstić information content (AvgIpc) is 2.73. The highest BCUT2D eigenvalue weighted by atomic mass is 32.2. The van der Waals surface area contributed by atoms with E-state index < -0.39 is 10.0 Å². The number of benzene rings is 2. The van der Waals surface area contributed by atoms with Gasteiger partial charge in [-0.3, -0.25) is 4.79 Å². The highest BCUT2D eigenvalue weighted by Crippen LogP contribution is 2.33. The van der Waals surface area contributed by atoms with Gasteiger partial charge in [-0.1, -0.05) is 6.07 Å². The minimum atomic E-state index is -3.72. The number of hydrogen-bond acceptors (Lipinski definition) is 4.